The van der Waals surface area contributed by atoms with Gasteiger partial charge in [0.2, 0.25) is 5.91 Å². The van der Waals surface area contributed by atoms with Crippen LogP contribution in [-0.4, -0.2) is 24.5 Å². The molecule has 2 heterocycles. The molecule has 0 fully saturated rings. The van der Waals surface area contributed by atoms with E-state index in [1.807, 2.05) is 19.9 Å². The van der Waals surface area contributed by atoms with Crippen molar-refractivity contribution in [3.63, 3.8) is 0 Å². The highest BCUT2D eigenvalue weighted by Gasteiger charge is 2.27. The van der Waals surface area contributed by atoms with Crippen molar-refractivity contribution in [1.82, 2.24) is 10.6 Å². The molecule has 0 bridgehead atoms. The second-order valence-corrected chi connectivity index (χ2v) is 6.41. The number of carbonyl (C=O) groups is 2. The first-order chi connectivity index (χ1) is 12.0. The Hall–Kier alpha value is -2.76. The van der Waals surface area contributed by atoms with E-state index >= 15 is 0 Å². The van der Waals surface area contributed by atoms with Crippen LogP contribution in [0.5, 0.6) is 5.75 Å². The molecule has 6 nitrogen and oxygen atoms in total. The normalized spacial score (nSPS) is 17.2. The number of benzene rings is 1. The molecule has 2 aromatic rings. The van der Waals surface area contributed by atoms with E-state index in [2.05, 4.69) is 16.7 Å². The van der Waals surface area contributed by atoms with Crippen molar-refractivity contribution in [2.45, 2.75) is 39.3 Å². The van der Waals surface area contributed by atoms with Crippen LogP contribution in [0, 0.1) is 13.8 Å². The predicted octanol–water partition coefficient (Wildman–Crippen LogP) is 2.65. The predicted molar refractivity (Wildman–Crippen MR) is 92.5 cm³/mol. The third-order valence-corrected chi connectivity index (χ3v) is 4.32. The first-order valence-electron chi connectivity index (χ1n) is 8.33. The molecule has 1 aromatic carbocycles. The van der Waals surface area contributed by atoms with Crippen LogP contribution in [0.2, 0.25) is 0 Å². The van der Waals surface area contributed by atoms with Gasteiger partial charge >= 0.3 is 0 Å². The summed E-state index contributed by atoms with van der Waals surface area (Å²) >= 11 is 0. The smallest absolute Gasteiger partial charge is 0.255 e. The number of fused-ring (bicyclic) bond motifs is 1. The zero-order chi connectivity index (χ0) is 18.0. The molecule has 0 spiro atoms. The van der Waals surface area contributed by atoms with Crippen LogP contribution in [0.15, 0.2) is 35.1 Å². The Morgan fingerprint density at radius 3 is 2.80 bits per heavy atom. The van der Waals surface area contributed by atoms with Crippen molar-refractivity contribution >= 4 is 11.8 Å². The van der Waals surface area contributed by atoms with Gasteiger partial charge < -0.3 is 19.8 Å². The van der Waals surface area contributed by atoms with Crippen LogP contribution in [-0.2, 0) is 4.79 Å². The first-order valence-corrected chi connectivity index (χ1v) is 8.33. The van der Waals surface area contributed by atoms with Gasteiger partial charge in [-0.05, 0) is 32.4 Å². The van der Waals surface area contributed by atoms with Gasteiger partial charge in [0, 0.05) is 12.0 Å². The molecule has 1 aromatic heterocycles. The maximum Gasteiger partial charge on any atom is 0.255 e. The van der Waals surface area contributed by atoms with Crippen LogP contribution < -0.4 is 15.4 Å². The van der Waals surface area contributed by atoms with Crippen LogP contribution in [0.3, 0.4) is 0 Å². The van der Waals surface area contributed by atoms with E-state index in [9.17, 15) is 9.59 Å². The summed E-state index contributed by atoms with van der Waals surface area (Å²) in [6.45, 7) is 6.24. The van der Waals surface area contributed by atoms with Crippen LogP contribution in [0.4, 0.5) is 0 Å². The summed E-state index contributed by atoms with van der Waals surface area (Å²) in [6, 6.07) is 4.89. The van der Waals surface area contributed by atoms with Gasteiger partial charge in [-0.2, -0.15) is 0 Å². The highest BCUT2D eigenvalue weighted by atomic mass is 16.5. The Morgan fingerprint density at radius 1 is 1.28 bits per heavy atom. The molecule has 132 valence electrons. The van der Waals surface area contributed by atoms with E-state index in [1.165, 1.54) is 12.5 Å². The Bertz CT molecular complexity index is 783. The quantitative estimate of drug-likeness (QED) is 0.895. The van der Waals surface area contributed by atoms with Gasteiger partial charge in [0.25, 0.3) is 5.91 Å². The van der Waals surface area contributed by atoms with E-state index < -0.39 is 6.04 Å². The number of furan rings is 1. The topological polar surface area (TPSA) is 80.6 Å². The Kier molecular flexibility index (Phi) is 4.79. The molecular weight excluding hydrogens is 320 g/mol. The summed E-state index contributed by atoms with van der Waals surface area (Å²) in [4.78, 5) is 24.5. The molecule has 0 unspecified atom stereocenters. The molecule has 25 heavy (non-hydrogen) atoms. The number of rotatable bonds is 4. The lowest BCUT2D eigenvalue weighted by Crippen LogP contribution is -2.46. The van der Waals surface area contributed by atoms with E-state index in [1.54, 1.807) is 13.0 Å². The van der Waals surface area contributed by atoms with Crippen LogP contribution in [0.1, 0.15) is 46.4 Å². The second kappa shape index (κ2) is 7.01. The fraction of sp³-hybridized carbons (Fsp3) is 0.368. The van der Waals surface area contributed by atoms with Crippen molar-refractivity contribution in [2.75, 3.05) is 6.61 Å². The molecule has 2 atom stereocenters. The molecule has 2 amide bonds. The lowest BCUT2D eigenvalue weighted by molar-refractivity contribution is -0.123. The lowest BCUT2D eigenvalue weighted by atomic mass is 9.95. The summed E-state index contributed by atoms with van der Waals surface area (Å²) in [5, 5.41) is 5.70. The molecular formula is C19H22N2O4. The van der Waals surface area contributed by atoms with Gasteiger partial charge in [-0.15, -0.1) is 0 Å². The summed E-state index contributed by atoms with van der Waals surface area (Å²) < 4.78 is 10.6. The van der Waals surface area contributed by atoms with Gasteiger partial charge in [-0.25, -0.2) is 0 Å². The van der Waals surface area contributed by atoms with Gasteiger partial charge in [0.05, 0.1) is 24.5 Å². The number of hydrogen-bond acceptors (Lipinski definition) is 4. The van der Waals surface area contributed by atoms with Gasteiger partial charge in [0.1, 0.15) is 18.1 Å². The third kappa shape index (κ3) is 3.68. The average molecular weight is 342 g/mol. The standard InChI is InChI=1S/C19H22N2O4/c1-11-8-12(2)17-15(9-11)16(5-7-25-17)21-18(22)13(3)20-19(23)14-4-6-24-10-14/h4,6,8-10,13,16H,5,7H2,1-3H3,(H,20,23)(H,21,22)/t13-,16-/m0/s1. The fourth-order valence-corrected chi connectivity index (χ4v) is 3.06. The van der Waals surface area contributed by atoms with E-state index in [0.717, 1.165) is 22.4 Å². The Morgan fingerprint density at radius 2 is 2.08 bits per heavy atom. The van der Waals surface area contributed by atoms with Crippen LogP contribution in [0.25, 0.3) is 0 Å². The summed E-state index contributed by atoms with van der Waals surface area (Å²) in [6.07, 6.45) is 3.47. The molecule has 3 rings (SSSR count). The summed E-state index contributed by atoms with van der Waals surface area (Å²) in [7, 11) is 0. The summed E-state index contributed by atoms with van der Waals surface area (Å²) in [5.41, 5.74) is 3.57. The largest absolute Gasteiger partial charge is 0.493 e. The number of nitrogens with one attached hydrogen (secondary N) is 2. The minimum atomic E-state index is -0.653. The van der Waals surface area contributed by atoms with Gasteiger partial charge in [-0.1, -0.05) is 17.7 Å². The second-order valence-electron chi connectivity index (χ2n) is 6.41. The third-order valence-electron chi connectivity index (χ3n) is 4.32. The van der Waals surface area contributed by atoms with Gasteiger partial charge in [-0.3, -0.25) is 9.59 Å². The fourth-order valence-electron chi connectivity index (χ4n) is 3.06. The molecule has 0 aliphatic carbocycles. The van der Waals surface area contributed by atoms with Crippen molar-refractivity contribution in [2.24, 2.45) is 0 Å². The minimum Gasteiger partial charge on any atom is -0.493 e. The maximum absolute atomic E-state index is 12.5. The molecule has 6 heteroatoms. The highest BCUT2D eigenvalue weighted by molar-refractivity contribution is 5.97. The van der Waals surface area contributed by atoms with Crippen LogP contribution >= 0.6 is 0 Å². The average Bonchev–Trinajstić information content (AvgIpc) is 3.10. The summed E-state index contributed by atoms with van der Waals surface area (Å²) in [5.74, 6) is 0.279. The molecule has 0 radical (unpaired) electrons. The number of hydrogen-bond donors (Lipinski definition) is 2. The maximum atomic E-state index is 12.5. The molecule has 0 saturated carbocycles. The molecule has 1 aliphatic rings. The monoisotopic (exact) mass is 342 g/mol. The number of ether oxygens (including phenoxy) is 1. The number of amides is 2. The zero-order valence-corrected chi connectivity index (χ0v) is 14.6. The first kappa shape index (κ1) is 17.1. The van der Waals surface area contributed by atoms with Crippen molar-refractivity contribution in [3.8, 4) is 5.75 Å². The lowest BCUT2D eigenvalue weighted by Gasteiger charge is -2.29. The Labute approximate surface area is 146 Å². The zero-order valence-electron chi connectivity index (χ0n) is 14.6. The highest BCUT2D eigenvalue weighted by Crippen LogP contribution is 2.35. The molecule has 1 aliphatic heterocycles. The van der Waals surface area contributed by atoms with E-state index in [0.29, 0.717) is 18.6 Å². The number of carbonyl (C=O) groups excluding carboxylic acids is 2. The van der Waals surface area contributed by atoms with Crippen molar-refractivity contribution < 1.29 is 18.7 Å². The molecule has 0 saturated heterocycles. The minimum absolute atomic E-state index is 0.122. The van der Waals surface area contributed by atoms with E-state index in [-0.39, 0.29) is 17.9 Å². The number of aryl methyl sites for hydroxylation is 2. The molecule has 2 N–H and O–H groups in total. The SMILES string of the molecule is Cc1cc(C)c2c(c1)[C@@H](NC(=O)[C@H](C)NC(=O)c1ccoc1)CCO2. The van der Waals surface area contributed by atoms with E-state index in [4.69, 9.17) is 9.15 Å². The Balaban J connectivity index is 1.69. The van der Waals surface area contributed by atoms with Crippen molar-refractivity contribution in [3.05, 3.63) is 53.0 Å². The van der Waals surface area contributed by atoms with Crippen molar-refractivity contribution in [1.29, 1.82) is 0 Å². The van der Waals surface area contributed by atoms with Gasteiger partial charge in [0.15, 0.2) is 0 Å².